The van der Waals surface area contributed by atoms with Crippen LogP contribution in [0.1, 0.15) is 36.5 Å². The molecule has 0 saturated carbocycles. The van der Waals surface area contributed by atoms with Crippen LogP contribution in [0.4, 0.5) is 13.2 Å². The van der Waals surface area contributed by atoms with Gasteiger partial charge in [0, 0.05) is 18.6 Å². The van der Waals surface area contributed by atoms with Crippen molar-refractivity contribution in [3.05, 3.63) is 41.0 Å². The van der Waals surface area contributed by atoms with E-state index >= 15 is 0 Å². The van der Waals surface area contributed by atoms with Gasteiger partial charge in [-0.25, -0.2) is 17.9 Å². The van der Waals surface area contributed by atoms with Crippen LogP contribution in [-0.4, -0.2) is 20.8 Å². The van der Waals surface area contributed by atoms with E-state index in [1.165, 1.54) is 0 Å². The Morgan fingerprint density at radius 1 is 1.20 bits per heavy atom. The Labute approximate surface area is 113 Å². The number of aromatic nitrogens is 3. The zero-order chi connectivity index (χ0) is 14.9. The quantitative estimate of drug-likeness (QED) is 0.811. The van der Waals surface area contributed by atoms with Crippen LogP contribution in [0.2, 0.25) is 0 Å². The number of hydrogen-bond acceptors (Lipinski definition) is 3. The molecule has 0 saturated heterocycles. The molecule has 0 spiro atoms. The van der Waals surface area contributed by atoms with Gasteiger partial charge in [-0.3, -0.25) is 4.79 Å². The molecule has 7 heteroatoms. The maximum atomic E-state index is 13.8. The largest absolute Gasteiger partial charge is 0.292 e. The number of carbonyl (C=O) groups is 1. The number of carbonyl (C=O) groups excluding carboxylic acids is 1. The number of Topliss-reactive ketones (excluding diaryl/α,β-unsaturated/α-hetero) is 1. The summed E-state index contributed by atoms with van der Waals surface area (Å²) in [5.41, 5.74) is -0.162. The summed E-state index contributed by atoms with van der Waals surface area (Å²) in [6, 6.07) is 1.11. The lowest BCUT2D eigenvalue weighted by atomic mass is 10.1. The van der Waals surface area contributed by atoms with E-state index in [1.54, 1.807) is 13.8 Å². The molecule has 0 bridgehead atoms. The molecule has 0 N–H and O–H groups in total. The smallest absolute Gasteiger partial charge is 0.184 e. The molecule has 2 rings (SSSR count). The first-order chi connectivity index (χ1) is 9.49. The van der Waals surface area contributed by atoms with Gasteiger partial charge in [0.1, 0.15) is 11.5 Å². The first kappa shape index (κ1) is 14.2. The minimum Gasteiger partial charge on any atom is -0.292 e. The Kier molecular flexibility index (Phi) is 3.87. The number of benzene rings is 1. The zero-order valence-electron chi connectivity index (χ0n) is 11.0. The molecule has 4 nitrogen and oxygen atoms in total. The van der Waals surface area contributed by atoms with E-state index < -0.39 is 23.1 Å². The van der Waals surface area contributed by atoms with E-state index in [0.717, 1.165) is 4.68 Å². The average molecular weight is 283 g/mol. The van der Waals surface area contributed by atoms with Crippen LogP contribution in [0, 0.1) is 17.5 Å². The lowest BCUT2D eigenvalue weighted by molar-refractivity contribution is 0.0982. The topological polar surface area (TPSA) is 47.8 Å². The normalized spacial score (nSPS) is 10.8. The minimum absolute atomic E-state index is 0.0816. The van der Waals surface area contributed by atoms with Crippen molar-refractivity contribution in [1.29, 1.82) is 0 Å². The van der Waals surface area contributed by atoms with Gasteiger partial charge in [0.25, 0.3) is 0 Å². The number of hydrogen-bond donors (Lipinski definition) is 0. The Morgan fingerprint density at radius 2 is 1.80 bits per heavy atom. The third kappa shape index (κ3) is 2.31. The molecular weight excluding hydrogens is 271 g/mol. The summed E-state index contributed by atoms with van der Waals surface area (Å²) >= 11 is 0. The van der Waals surface area contributed by atoms with Gasteiger partial charge in [0.05, 0.1) is 5.69 Å². The van der Waals surface area contributed by atoms with E-state index in [2.05, 4.69) is 10.3 Å². The summed E-state index contributed by atoms with van der Waals surface area (Å²) < 4.78 is 41.3. The maximum Gasteiger partial charge on any atom is 0.184 e. The van der Waals surface area contributed by atoms with E-state index in [9.17, 15) is 18.0 Å². The first-order valence-corrected chi connectivity index (χ1v) is 6.12. The molecule has 0 amide bonds. The summed E-state index contributed by atoms with van der Waals surface area (Å²) in [5.74, 6) is -3.49. The van der Waals surface area contributed by atoms with Gasteiger partial charge >= 0.3 is 0 Å². The van der Waals surface area contributed by atoms with Gasteiger partial charge in [0.2, 0.25) is 0 Å². The van der Waals surface area contributed by atoms with E-state index in [1.807, 2.05) is 0 Å². The van der Waals surface area contributed by atoms with Crippen molar-refractivity contribution in [2.45, 2.75) is 26.7 Å². The van der Waals surface area contributed by atoms with Crippen LogP contribution in [0.3, 0.4) is 0 Å². The van der Waals surface area contributed by atoms with Gasteiger partial charge < -0.3 is 0 Å². The second kappa shape index (κ2) is 5.44. The highest BCUT2D eigenvalue weighted by atomic mass is 19.1. The van der Waals surface area contributed by atoms with Gasteiger partial charge in [0.15, 0.2) is 23.1 Å². The first-order valence-electron chi connectivity index (χ1n) is 6.12. The highest BCUT2D eigenvalue weighted by Gasteiger charge is 2.22. The Balaban J connectivity index is 2.65. The molecule has 0 fully saturated rings. The fourth-order valence-electron chi connectivity index (χ4n) is 1.92. The standard InChI is InChI=1S/C13H12F3N3O/c1-3-10-12(11(20)4-2)17-18-19(10)13-8(15)5-7(14)6-9(13)16/h5-6H,3-4H2,1-2H3. The lowest BCUT2D eigenvalue weighted by Crippen LogP contribution is -2.09. The summed E-state index contributed by atoms with van der Waals surface area (Å²) in [4.78, 5) is 11.7. The molecule has 0 aliphatic carbocycles. The lowest BCUT2D eigenvalue weighted by Gasteiger charge is -2.08. The molecule has 106 valence electrons. The monoisotopic (exact) mass is 283 g/mol. The molecule has 2 aromatic rings. The average Bonchev–Trinajstić information content (AvgIpc) is 2.80. The van der Waals surface area contributed by atoms with Crippen molar-refractivity contribution in [3.63, 3.8) is 0 Å². The second-order valence-electron chi connectivity index (χ2n) is 4.14. The molecule has 0 unspecified atom stereocenters. The van der Waals surface area contributed by atoms with Crippen molar-refractivity contribution in [2.24, 2.45) is 0 Å². The molecule has 20 heavy (non-hydrogen) atoms. The fraction of sp³-hybridized carbons (Fsp3) is 0.308. The summed E-state index contributed by atoms with van der Waals surface area (Å²) in [5, 5.41) is 7.30. The number of ketones is 1. The van der Waals surface area contributed by atoms with E-state index in [-0.39, 0.29) is 17.9 Å². The predicted octanol–water partition coefficient (Wildman–Crippen LogP) is 2.84. The third-order valence-electron chi connectivity index (χ3n) is 2.88. The van der Waals surface area contributed by atoms with Crippen molar-refractivity contribution < 1.29 is 18.0 Å². The molecule has 1 heterocycles. The third-order valence-corrected chi connectivity index (χ3v) is 2.88. The number of halogens is 3. The van der Waals surface area contributed by atoms with Crippen LogP contribution in [-0.2, 0) is 6.42 Å². The summed E-state index contributed by atoms with van der Waals surface area (Å²) in [6.45, 7) is 3.36. The summed E-state index contributed by atoms with van der Waals surface area (Å²) in [7, 11) is 0. The molecular formula is C13H12F3N3O. The van der Waals surface area contributed by atoms with Crippen molar-refractivity contribution in [1.82, 2.24) is 15.0 Å². The van der Waals surface area contributed by atoms with Gasteiger partial charge in [-0.15, -0.1) is 5.10 Å². The highest BCUT2D eigenvalue weighted by molar-refractivity contribution is 5.95. The highest BCUT2D eigenvalue weighted by Crippen LogP contribution is 2.22. The molecule has 1 aromatic heterocycles. The van der Waals surface area contributed by atoms with E-state index in [0.29, 0.717) is 24.2 Å². The van der Waals surface area contributed by atoms with Crippen LogP contribution in [0.5, 0.6) is 0 Å². The van der Waals surface area contributed by atoms with Crippen molar-refractivity contribution in [3.8, 4) is 5.69 Å². The summed E-state index contributed by atoms with van der Waals surface area (Å²) in [6.07, 6.45) is 0.518. The molecule has 0 aliphatic heterocycles. The number of nitrogens with zero attached hydrogens (tertiary/aromatic N) is 3. The van der Waals surface area contributed by atoms with Gasteiger partial charge in [-0.2, -0.15) is 0 Å². The molecule has 0 atom stereocenters. The van der Waals surface area contributed by atoms with Crippen LogP contribution >= 0.6 is 0 Å². The Morgan fingerprint density at radius 3 is 2.30 bits per heavy atom. The fourth-order valence-corrected chi connectivity index (χ4v) is 1.92. The Hall–Kier alpha value is -2.18. The van der Waals surface area contributed by atoms with Gasteiger partial charge in [-0.1, -0.05) is 19.1 Å². The van der Waals surface area contributed by atoms with Crippen molar-refractivity contribution >= 4 is 5.78 Å². The predicted molar refractivity (Wildman–Crippen MR) is 65.2 cm³/mol. The Bertz CT molecular complexity index is 644. The molecule has 0 aliphatic rings. The second-order valence-corrected chi connectivity index (χ2v) is 4.14. The maximum absolute atomic E-state index is 13.8. The van der Waals surface area contributed by atoms with E-state index in [4.69, 9.17) is 0 Å². The molecule has 1 aromatic carbocycles. The SMILES string of the molecule is CCC(=O)c1nnn(-c2c(F)cc(F)cc2F)c1CC. The minimum atomic E-state index is -1.10. The number of rotatable bonds is 4. The van der Waals surface area contributed by atoms with Crippen LogP contribution < -0.4 is 0 Å². The molecule has 0 radical (unpaired) electrons. The van der Waals surface area contributed by atoms with Gasteiger partial charge in [-0.05, 0) is 6.42 Å². The van der Waals surface area contributed by atoms with Crippen molar-refractivity contribution in [2.75, 3.05) is 0 Å². The van der Waals surface area contributed by atoms with Crippen LogP contribution in [0.15, 0.2) is 12.1 Å². The van der Waals surface area contributed by atoms with Crippen LogP contribution in [0.25, 0.3) is 5.69 Å². The zero-order valence-corrected chi connectivity index (χ0v) is 11.0.